The fourth-order valence-corrected chi connectivity index (χ4v) is 5.50. The van der Waals surface area contributed by atoms with Gasteiger partial charge in [0.1, 0.15) is 6.29 Å². The van der Waals surface area contributed by atoms with E-state index in [2.05, 4.69) is 50.5 Å². The van der Waals surface area contributed by atoms with Crippen molar-refractivity contribution >= 4 is 40.2 Å². The lowest BCUT2D eigenvalue weighted by Crippen LogP contribution is -2.23. The van der Waals surface area contributed by atoms with Crippen LogP contribution in [0, 0.1) is 11.3 Å². The number of aliphatic imine (C=N–C) groups is 1. The molecule has 2 heterocycles. The zero-order chi connectivity index (χ0) is 23.8. The minimum Gasteiger partial charge on any atom is -0.375 e. The third-order valence-corrected chi connectivity index (χ3v) is 7.81. The molecule has 0 radical (unpaired) electrons. The van der Waals surface area contributed by atoms with Gasteiger partial charge in [0.05, 0.1) is 15.8 Å². The second kappa shape index (κ2) is 11.6. The van der Waals surface area contributed by atoms with E-state index in [1.54, 1.807) is 29.2 Å². The average molecular weight is 470 g/mol. The van der Waals surface area contributed by atoms with E-state index in [0.29, 0.717) is 11.0 Å². The van der Waals surface area contributed by atoms with Crippen LogP contribution in [-0.2, 0) is 10.2 Å². The van der Waals surface area contributed by atoms with E-state index in [1.165, 1.54) is 15.5 Å². The van der Waals surface area contributed by atoms with Gasteiger partial charge in [0.25, 0.3) is 0 Å². The molecule has 32 heavy (non-hydrogen) atoms. The molecule has 1 aliphatic rings. The summed E-state index contributed by atoms with van der Waals surface area (Å²) in [6.45, 7) is 14.7. The van der Waals surface area contributed by atoms with E-state index in [1.807, 2.05) is 43.5 Å². The van der Waals surface area contributed by atoms with Crippen LogP contribution in [0.1, 0.15) is 53.0 Å². The maximum Gasteiger partial charge on any atom is 0.181 e. The molecular formula is C26H35N3OS2. The van der Waals surface area contributed by atoms with E-state index in [0.717, 1.165) is 30.4 Å². The van der Waals surface area contributed by atoms with Crippen molar-refractivity contribution in [3.8, 4) is 0 Å². The van der Waals surface area contributed by atoms with Crippen molar-refractivity contribution in [2.45, 2.75) is 57.1 Å². The third-order valence-electron chi connectivity index (χ3n) is 5.76. The summed E-state index contributed by atoms with van der Waals surface area (Å²) < 4.78 is 1.17. The lowest BCUT2D eigenvalue weighted by Gasteiger charge is -2.26. The van der Waals surface area contributed by atoms with E-state index in [9.17, 15) is 4.79 Å². The zero-order valence-corrected chi connectivity index (χ0v) is 21.4. The Balaban J connectivity index is 0.000000244. The van der Waals surface area contributed by atoms with Gasteiger partial charge in [0.15, 0.2) is 5.13 Å². The number of nitrogen functional groups attached to an aromatic ring is 1. The molecule has 172 valence electrons. The van der Waals surface area contributed by atoms with Gasteiger partial charge in [-0.2, -0.15) is 0 Å². The number of nitrogens with zero attached hydrogens (tertiary/aromatic N) is 2. The molecule has 1 aromatic carbocycles. The molecule has 2 unspecified atom stereocenters. The number of allylic oxidation sites excluding steroid dienone is 2. The Morgan fingerprint density at radius 1 is 1.22 bits per heavy atom. The van der Waals surface area contributed by atoms with Crippen LogP contribution in [0.5, 0.6) is 0 Å². The van der Waals surface area contributed by atoms with E-state index >= 15 is 0 Å². The lowest BCUT2D eigenvalue weighted by molar-refractivity contribution is -0.111. The normalized spacial score (nSPS) is 17.5. The molecular weight excluding hydrogens is 434 g/mol. The Morgan fingerprint density at radius 3 is 2.38 bits per heavy atom. The molecule has 0 amide bonds. The Morgan fingerprint density at radius 2 is 1.91 bits per heavy atom. The van der Waals surface area contributed by atoms with Crippen LogP contribution in [0.25, 0.3) is 0 Å². The highest BCUT2D eigenvalue weighted by molar-refractivity contribution is 8.01. The first kappa shape index (κ1) is 26.1. The van der Waals surface area contributed by atoms with Gasteiger partial charge in [-0.25, -0.2) is 4.98 Å². The number of thiazole rings is 1. The topological polar surface area (TPSA) is 68.3 Å². The minimum atomic E-state index is -0.499. The van der Waals surface area contributed by atoms with Crippen molar-refractivity contribution in [2.24, 2.45) is 16.3 Å². The fraction of sp³-hybridized carbons (Fsp3) is 0.423. The second-order valence-electron chi connectivity index (χ2n) is 8.80. The van der Waals surface area contributed by atoms with Gasteiger partial charge in [-0.1, -0.05) is 82.4 Å². The van der Waals surface area contributed by atoms with Gasteiger partial charge < -0.3 is 10.5 Å². The Kier molecular flexibility index (Phi) is 9.47. The average Bonchev–Trinajstić information content (AvgIpc) is 3.40. The highest BCUT2D eigenvalue weighted by Gasteiger charge is 2.31. The van der Waals surface area contributed by atoms with Crippen molar-refractivity contribution in [2.75, 3.05) is 11.5 Å². The van der Waals surface area contributed by atoms with Gasteiger partial charge >= 0.3 is 0 Å². The quantitative estimate of drug-likeness (QED) is 0.258. The maximum absolute atomic E-state index is 11.0. The molecule has 0 spiro atoms. The van der Waals surface area contributed by atoms with Crippen LogP contribution in [0.2, 0.25) is 0 Å². The predicted molar refractivity (Wildman–Crippen MR) is 141 cm³/mol. The summed E-state index contributed by atoms with van der Waals surface area (Å²) in [6, 6.07) is 9.73. The monoisotopic (exact) mass is 469 g/mol. The van der Waals surface area contributed by atoms with E-state index in [-0.39, 0.29) is 5.41 Å². The summed E-state index contributed by atoms with van der Waals surface area (Å²) in [5.41, 5.74) is 9.10. The van der Waals surface area contributed by atoms with E-state index in [4.69, 9.17) is 5.73 Å². The molecule has 2 atom stereocenters. The number of thioether (sulfide) groups is 1. The predicted octanol–water partition coefficient (Wildman–Crippen LogP) is 6.95. The van der Waals surface area contributed by atoms with Crippen LogP contribution in [0.15, 0.2) is 70.2 Å². The highest BCUT2D eigenvalue weighted by atomic mass is 32.2. The molecule has 4 nitrogen and oxygen atoms in total. The minimum absolute atomic E-state index is 0.200. The summed E-state index contributed by atoms with van der Waals surface area (Å²) in [7, 11) is 0. The largest absolute Gasteiger partial charge is 0.375 e. The number of hydrogen-bond donors (Lipinski definition) is 1. The van der Waals surface area contributed by atoms with Gasteiger partial charge in [-0.05, 0) is 29.4 Å². The summed E-state index contributed by atoms with van der Waals surface area (Å²) in [6.07, 6.45) is 8.48. The fourth-order valence-electron chi connectivity index (χ4n) is 3.72. The van der Waals surface area contributed by atoms with Gasteiger partial charge in [-0.15, -0.1) is 18.3 Å². The Bertz CT molecular complexity index is 947. The molecule has 2 N–H and O–H groups in total. The first-order valence-corrected chi connectivity index (χ1v) is 12.8. The van der Waals surface area contributed by atoms with Crippen molar-refractivity contribution in [1.29, 1.82) is 0 Å². The van der Waals surface area contributed by atoms with Crippen molar-refractivity contribution < 1.29 is 4.79 Å². The van der Waals surface area contributed by atoms with Gasteiger partial charge in [0.2, 0.25) is 0 Å². The van der Waals surface area contributed by atoms with E-state index < -0.39 is 5.41 Å². The Hall–Kier alpha value is -2.18. The number of hydrogen-bond acceptors (Lipinski definition) is 6. The molecule has 0 aliphatic carbocycles. The number of nitrogens with two attached hydrogens (primary N) is 1. The molecule has 6 heteroatoms. The number of aldehydes is 1. The van der Waals surface area contributed by atoms with Crippen molar-refractivity contribution in [3.63, 3.8) is 0 Å². The molecule has 1 aliphatic heterocycles. The third kappa shape index (κ3) is 6.42. The zero-order valence-electron chi connectivity index (χ0n) is 19.8. The summed E-state index contributed by atoms with van der Waals surface area (Å²) in [5.74, 6) is 1.42. The van der Waals surface area contributed by atoms with Crippen molar-refractivity contribution in [1.82, 2.24) is 4.98 Å². The van der Waals surface area contributed by atoms with Gasteiger partial charge in [-0.3, -0.25) is 4.99 Å². The number of carbonyl (C=O) groups is 1. The molecule has 2 aromatic rings. The van der Waals surface area contributed by atoms with Crippen molar-refractivity contribution in [3.05, 3.63) is 66.5 Å². The highest BCUT2D eigenvalue weighted by Crippen LogP contribution is 2.39. The smallest absolute Gasteiger partial charge is 0.181 e. The lowest BCUT2D eigenvalue weighted by atomic mass is 9.78. The number of benzene rings is 1. The number of aromatic nitrogens is 1. The summed E-state index contributed by atoms with van der Waals surface area (Å²) in [5, 5.41) is 0.636. The number of anilines is 1. The Labute approximate surface area is 201 Å². The molecule has 3 rings (SSSR count). The standard InChI is InChI=1S/C14H21N3S2.C12H14O/c1-5-9-10(14(2,3)4)6-16-11(9)8-18-12-7-17-13(15)19-12;1-3-12(4-2,10-13)11-8-6-5-7-9-11/h6-7,9H,5,8H2,1-4H3,(H2,15,17);3,5-10H,1,4H2,2H3. The van der Waals surface area contributed by atoms with Crippen LogP contribution in [0.3, 0.4) is 0 Å². The molecule has 0 bridgehead atoms. The van der Waals surface area contributed by atoms with Crippen LogP contribution in [0.4, 0.5) is 5.13 Å². The molecule has 0 fully saturated rings. The summed E-state index contributed by atoms with van der Waals surface area (Å²) in [4.78, 5) is 19.7. The SMILES string of the molecule is C=CC(C=O)(CC)c1ccccc1.CCC1C(C(C)(C)C)=CN=C1CSc1cnc(N)s1. The molecule has 0 saturated heterocycles. The first-order valence-electron chi connectivity index (χ1n) is 11.0. The first-order chi connectivity index (χ1) is 15.2. The van der Waals surface area contributed by atoms with Crippen LogP contribution < -0.4 is 5.73 Å². The molecule has 0 saturated carbocycles. The van der Waals surface area contributed by atoms with Gasteiger partial charge in [0, 0.05) is 23.6 Å². The van der Waals surface area contributed by atoms with Crippen LogP contribution in [-0.4, -0.2) is 22.7 Å². The maximum atomic E-state index is 11.0. The molecule has 1 aromatic heterocycles. The number of carbonyl (C=O) groups excluding carboxylic acids is 1. The summed E-state index contributed by atoms with van der Waals surface area (Å²) >= 11 is 3.33. The number of rotatable bonds is 8. The van der Waals surface area contributed by atoms with Crippen LogP contribution >= 0.6 is 23.1 Å². The second-order valence-corrected chi connectivity index (χ2v) is 11.1.